The Balaban J connectivity index is 1.71. The first-order valence-electron chi connectivity index (χ1n) is 8.10. The summed E-state index contributed by atoms with van der Waals surface area (Å²) in [6.45, 7) is 1.80. The molecule has 1 heterocycles. The predicted molar refractivity (Wildman–Crippen MR) is 105 cm³/mol. The molecule has 0 fully saturated rings. The van der Waals surface area contributed by atoms with E-state index in [1.54, 1.807) is 43.3 Å². The van der Waals surface area contributed by atoms with Crippen molar-refractivity contribution in [1.29, 1.82) is 0 Å². The molecule has 7 nitrogen and oxygen atoms in total. The van der Waals surface area contributed by atoms with Gasteiger partial charge in [-0.2, -0.15) is 0 Å². The lowest BCUT2D eigenvalue weighted by Gasteiger charge is -2.02. The minimum absolute atomic E-state index is 0.00986. The zero-order valence-electron chi connectivity index (χ0n) is 14.4. The third-order valence-corrected chi connectivity index (χ3v) is 6.06. The number of fused-ring (bicyclic) bond motifs is 1. The van der Waals surface area contributed by atoms with Crippen molar-refractivity contribution in [1.82, 2.24) is 10.2 Å². The third kappa shape index (κ3) is 3.25. The Hall–Kier alpha value is -3.17. The lowest BCUT2D eigenvalue weighted by atomic mass is 10.1. The summed E-state index contributed by atoms with van der Waals surface area (Å²) in [6.07, 6.45) is 1.40. The van der Waals surface area contributed by atoms with Gasteiger partial charge in [0.15, 0.2) is 15.9 Å². The topological polar surface area (TPSA) is 103 Å². The summed E-state index contributed by atoms with van der Waals surface area (Å²) < 4.78 is 0.600. The fraction of sp³-hybridized carbons (Fsp3) is 0.0526. The highest BCUT2D eigenvalue weighted by Crippen LogP contribution is 2.37. The molecular weight excluding hydrogens is 398 g/mol. The van der Waals surface area contributed by atoms with E-state index in [9.17, 15) is 19.7 Å². The minimum Gasteiger partial charge on any atom is -0.288 e. The quantitative estimate of drug-likeness (QED) is 0.273. The molecule has 1 aliphatic rings. The largest absolute Gasteiger partial charge is 0.288 e. The lowest BCUT2D eigenvalue weighted by molar-refractivity contribution is -0.387. The van der Waals surface area contributed by atoms with Gasteiger partial charge in [0.2, 0.25) is 0 Å². The number of Topliss-reactive ketones (excluding diaryl/α,β-unsaturated/α-hetero) is 2. The average Bonchev–Trinajstić information content (AvgIpc) is 3.19. The molecule has 0 bridgehead atoms. The van der Waals surface area contributed by atoms with Crippen LogP contribution in [0, 0.1) is 17.0 Å². The number of rotatable bonds is 4. The molecule has 9 heteroatoms. The van der Waals surface area contributed by atoms with Gasteiger partial charge in [0.05, 0.1) is 15.4 Å². The molecule has 0 unspecified atom stereocenters. The average molecular weight is 409 g/mol. The molecule has 4 rings (SSSR count). The Labute approximate surface area is 167 Å². The highest BCUT2D eigenvalue weighted by molar-refractivity contribution is 8.01. The van der Waals surface area contributed by atoms with E-state index in [0.717, 1.165) is 16.8 Å². The van der Waals surface area contributed by atoms with Crippen molar-refractivity contribution in [3.05, 3.63) is 79.8 Å². The third-order valence-electron chi connectivity index (χ3n) is 4.10. The number of benzene rings is 2. The number of carbonyl (C=O) groups is 2. The Morgan fingerprint density at radius 1 is 1.07 bits per heavy atom. The highest BCUT2D eigenvalue weighted by Gasteiger charge is 2.32. The number of aryl methyl sites for hydroxylation is 1. The number of allylic oxidation sites excluding steroid dienone is 1. The maximum Gasteiger partial charge on any atom is 0.283 e. The van der Waals surface area contributed by atoms with E-state index in [1.165, 1.54) is 23.5 Å². The second-order valence-corrected chi connectivity index (χ2v) is 8.41. The van der Waals surface area contributed by atoms with Gasteiger partial charge in [-0.3, -0.25) is 19.7 Å². The second-order valence-electron chi connectivity index (χ2n) is 5.94. The summed E-state index contributed by atoms with van der Waals surface area (Å²) in [6, 6.07) is 11.2. The fourth-order valence-electron chi connectivity index (χ4n) is 2.84. The van der Waals surface area contributed by atoms with Gasteiger partial charge in [-0.15, -0.1) is 10.2 Å². The van der Waals surface area contributed by atoms with Gasteiger partial charge < -0.3 is 0 Å². The van der Waals surface area contributed by atoms with Crippen molar-refractivity contribution in [3.8, 4) is 0 Å². The van der Waals surface area contributed by atoms with E-state index >= 15 is 0 Å². The summed E-state index contributed by atoms with van der Waals surface area (Å²) in [5, 5.41) is 20.2. The Bertz CT molecular complexity index is 1150. The van der Waals surface area contributed by atoms with E-state index in [-0.39, 0.29) is 22.8 Å². The summed E-state index contributed by atoms with van der Waals surface area (Å²) in [4.78, 5) is 36.4. The van der Waals surface area contributed by atoms with Gasteiger partial charge in [0.25, 0.3) is 5.69 Å². The van der Waals surface area contributed by atoms with Gasteiger partial charge in [0, 0.05) is 17.2 Å². The molecule has 0 saturated heterocycles. The molecular formula is C19H11N3O4S2. The number of ketones is 2. The molecule has 1 aliphatic carbocycles. The van der Waals surface area contributed by atoms with Crippen LogP contribution in [0.4, 0.5) is 5.69 Å². The van der Waals surface area contributed by atoms with E-state index < -0.39 is 4.92 Å². The number of aromatic nitrogens is 2. The van der Waals surface area contributed by atoms with Crippen LogP contribution < -0.4 is 0 Å². The first-order chi connectivity index (χ1) is 13.4. The number of nitro groups is 1. The maximum atomic E-state index is 12.5. The zero-order valence-corrected chi connectivity index (χ0v) is 16.0. The van der Waals surface area contributed by atoms with Crippen LogP contribution >= 0.6 is 23.1 Å². The van der Waals surface area contributed by atoms with Gasteiger partial charge in [-0.05, 0) is 24.6 Å². The standard InChI is InChI=1S/C19H11N3O4S2/c1-10-20-21-19(27-10)28-16-7-6-11(9-15(16)22(25)26)8-14-17(23)12-4-2-3-5-13(12)18(14)24/h2-9H,1H3. The summed E-state index contributed by atoms with van der Waals surface area (Å²) in [7, 11) is 0. The van der Waals surface area contributed by atoms with Gasteiger partial charge in [-0.25, -0.2) is 0 Å². The Kier molecular flexibility index (Phi) is 4.62. The SMILES string of the molecule is Cc1nnc(Sc2ccc(C=C3C(=O)c4ccccc4C3=O)cc2[N+](=O)[O-])s1. The lowest BCUT2D eigenvalue weighted by Crippen LogP contribution is -2.00. The Morgan fingerprint density at radius 2 is 1.75 bits per heavy atom. The summed E-state index contributed by atoms with van der Waals surface area (Å²) in [5.41, 5.74) is 1.01. The molecule has 0 atom stereocenters. The molecule has 0 spiro atoms. The van der Waals surface area contributed by atoms with Crippen LogP contribution in [0.5, 0.6) is 0 Å². The van der Waals surface area contributed by atoms with Gasteiger partial charge in [0.1, 0.15) is 5.01 Å². The predicted octanol–water partition coefficient (Wildman–Crippen LogP) is 4.37. The van der Waals surface area contributed by atoms with Crippen LogP contribution in [0.15, 0.2) is 57.3 Å². The first kappa shape index (κ1) is 18.2. The van der Waals surface area contributed by atoms with Gasteiger partial charge in [-0.1, -0.05) is 53.4 Å². The highest BCUT2D eigenvalue weighted by atomic mass is 32.2. The fourth-order valence-corrected chi connectivity index (χ4v) is 4.69. The van der Waals surface area contributed by atoms with Crippen molar-refractivity contribution in [2.75, 3.05) is 0 Å². The summed E-state index contributed by atoms with van der Waals surface area (Å²) >= 11 is 2.50. The molecule has 0 N–H and O–H groups in total. The molecule has 0 radical (unpaired) electrons. The molecule has 3 aromatic rings. The van der Waals surface area contributed by atoms with Crippen LogP contribution in [0.3, 0.4) is 0 Å². The number of carbonyl (C=O) groups excluding carboxylic acids is 2. The van der Waals surface area contributed by atoms with E-state index in [4.69, 9.17) is 0 Å². The van der Waals surface area contributed by atoms with Crippen LogP contribution in [0.2, 0.25) is 0 Å². The molecule has 0 saturated carbocycles. The number of nitrogens with zero attached hydrogens (tertiary/aromatic N) is 3. The number of nitro benzene ring substituents is 1. The van der Waals surface area contributed by atoms with Crippen LogP contribution in [-0.4, -0.2) is 26.7 Å². The first-order valence-corrected chi connectivity index (χ1v) is 9.74. The molecule has 0 amide bonds. The molecule has 1 aromatic heterocycles. The van der Waals surface area contributed by atoms with Crippen molar-refractivity contribution >= 4 is 46.4 Å². The smallest absolute Gasteiger partial charge is 0.283 e. The molecule has 28 heavy (non-hydrogen) atoms. The monoisotopic (exact) mass is 409 g/mol. The van der Waals surface area contributed by atoms with Crippen LogP contribution in [0.25, 0.3) is 6.08 Å². The number of hydrogen-bond donors (Lipinski definition) is 0. The van der Waals surface area contributed by atoms with Crippen molar-refractivity contribution in [2.24, 2.45) is 0 Å². The van der Waals surface area contributed by atoms with Crippen molar-refractivity contribution in [3.63, 3.8) is 0 Å². The van der Waals surface area contributed by atoms with Gasteiger partial charge >= 0.3 is 0 Å². The summed E-state index contributed by atoms with van der Waals surface area (Å²) in [5.74, 6) is -0.739. The van der Waals surface area contributed by atoms with Crippen molar-refractivity contribution in [2.45, 2.75) is 16.2 Å². The van der Waals surface area contributed by atoms with E-state index in [0.29, 0.717) is 25.9 Å². The maximum absolute atomic E-state index is 12.5. The van der Waals surface area contributed by atoms with Crippen LogP contribution in [-0.2, 0) is 0 Å². The molecule has 2 aromatic carbocycles. The van der Waals surface area contributed by atoms with E-state index in [1.807, 2.05) is 0 Å². The normalized spacial score (nSPS) is 13.0. The van der Waals surface area contributed by atoms with Crippen molar-refractivity contribution < 1.29 is 14.5 Å². The Morgan fingerprint density at radius 3 is 2.32 bits per heavy atom. The number of hydrogen-bond acceptors (Lipinski definition) is 8. The molecule has 138 valence electrons. The molecule has 0 aliphatic heterocycles. The minimum atomic E-state index is -0.495. The zero-order chi connectivity index (χ0) is 19.8. The second kappa shape index (κ2) is 7.10. The van der Waals surface area contributed by atoms with Crippen LogP contribution in [0.1, 0.15) is 31.3 Å². The van der Waals surface area contributed by atoms with E-state index in [2.05, 4.69) is 10.2 Å².